The molecular formula is C11H16BrCl2N3O3. The van der Waals surface area contributed by atoms with E-state index in [1.807, 2.05) is 0 Å². The van der Waals surface area contributed by atoms with Crippen LogP contribution in [-0.2, 0) is 9.53 Å². The van der Waals surface area contributed by atoms with E-state index in [0.717, 1.165) is 0 Å². The van der Waals surface area contributed by atoms with Crippen molar-refractivity contribution in [2.45, 2.75) is 18.4 Å². The summed E-state index contributed by atoms with van der Waals surface area (Å²) in [6.07, 6.45) is 2.40. The summed E-state index contributed by atoms with van der Waals surface area (Å²) in [6, 6.07) is 1.54. The fraction of sp³-hybridized carbons (Fsp3) is 0.455. The Labute approximate surface area is 136 Å². The summed E-state index contributed by atoms with van der Waals surface area (Å²) < 4.78 is 5.85. The van der Waals surface area contributed by atoms with E-state index in [4.69, 9.17) is 10.5 Å². The molecule has 0 radical (unpaired) electrons. The van der Waals surface area contributed by atoms with Gasteiger partial charge in [-0.05, 0) is 34.8 Å². The molecule has 0 saturated carbocycles. The predicted molar refractivity (Wildman–Crippen MR) is 84.9 cm³/mol. The van der Waals surface area contributed by atoms with Crippen LogP contribution in [0.15, 0.2) is 21.5 Å². The van der Waals surface area contributed by atoms with E-state index in [9.17, 15) is 9.59 Å². The van der Waals surface area contributed by atoms with Gasteiger partial charge in [0.25, 0.3) is 5.56 Å². The van der Waals surface area contributed by atoms with E-state index in [0.29, 0.717) is 30.5 Å². The number of nitrogens with one attached hydrogen (secondary N) is 2. The van der Waals surface area contributed by atoms with E-state index in [1.165, 1.54) is 6.20 Å². The number of H-pyrrole nitrogens is 1. The fourth-order valence-corrected chi connectivity index (χ4v) is 2.10. The molecule has 2 heterocycles. The Bertz CT molecular complexity index is 518. The Morgan fingerprint density at radius 2 is 2.00 bits per heavy atom. The van der Waals surface area contributed by atoms with E-state index in [2.05, 4.69) is 26.2 Å². The summed E-state index contributed by atoms with van der Waals surface area (Å²) in [4.78, 5) is 26.1. The molecular weight excluding hydrogens is 373 g/mol. The second-order valence-corrected chi connectivity index (χ2v) is 5.20. The first-order valence-corrected chi connectivity index (χ1v) is 6.37. The minimum absolute atomic E-state index is 0. The van der Waals surface area contributed by atoms with Crippen LogP contribution in [0.1, 0.15) is 12.8 Å². The summed E-state index contributed by atoms with van der Waals surface area (Å²) in [6.45, 7) is 0.914. The predicted octanol–water partition coefficient (Wildman–Crippen LogP) is 1.43. The molecule has 0 aliphatic carbocycles. The number of aromatic amines is 1. The van der Waals surface area contributed by atoms with Crippen molar-refractivity contribution < 1.29 is 9.53 Å². The number of carbonyl (C=O) groups excluding carboxylic acids is 1. The van der Waals surface area contributed by atoms with Crippen LogP contribution >= 0.6 is 40.7 Å². The quantitative estimate of drug-likeness (QED) is 0.713. The van der Waals surface area contributed by atoms with Gasteiger partial charge < -0.3 is 20.8 Å². The van der Waals surface area contributed by atoms with Gasteiger partial charge in [0.15, 0.2) is 0 Å². The molecule has 6 nitrogen and oxygen atoms in total. The molecule has 0 aromatic carbocycles. The third-order valence-electron chi connectivity index (χ3n) is 2.95. The number of anilines is 1. The van der Waals surface area contributed by atoms with Crippen molar-refractivity contribution in [1.82, 2.24) is 4.98 Å². The third kappa shape index (κ3) is 4.46. The lowest BCUT2D eigenvalue weighted by molar-refractivity contribution is -0.124. The average molecular weight is 389 g/mol. The number of aromatic nitrogens is 1. The highest BCUT2D eigenvalue weighted by molar-refractivity contribution is 9.10. The Morgan fingerprint density at radius 3 is 2.60 bits per heavy atom. The topological polar surface area (TPSA) is 97.2 Å². The van der Waals surface area contributed by atoms with Crippen LogP contribution in [0.4, 0.5) is 5.69 Å². The number of carbonyl (C=O) groups is 1. The summed E-state index contributed by atoms with van der Waals surface area (Å²) in [5.41, 5.74) is 4.88. The van der Waals surface area contributed by atoms with Crippen molar-refractivity contribution in [2.75, 3.05) is 18.5 Å². The highest BCUT2D eigenvalue weighted by Crippen LogP contribution is 2.20. The number of ether oxygens (including phenoxy) is 1. The van der Waals surface area contributed by atoms with Gasteiger partial charge in [0.05, 0.1) is 0 Å². The molecule has 1 saturated heterocycles. The van der Waals surface area contributed by atoms with Gasteiger partial charge in [0.1, 0.15) is 11.2 Å². The third-order valence-corrected chi connectivity index (χ3v) is 3.41. The average Bonchev–Trinajstić information content (AvgIpc) is 2.35. The maximum absolute atomic E-state index is 12.1. The zero-order valence-corrected chi connectivity index (χ0v) is 13.7. The monoisotopic (exact) mass is 387 g/mol. The first-order chi connectivity index (χ1) is 8.51. The molecule has 1 fully saturated rings. The molecule has 1 aromatic heterocycles. The lowest BCUT2D eigenvalue weighted by Crippen LogP contribution is -2.54. The normalized spacial score (nSPS) is 16.5. The van der Waals surface area contributed by atoms with Gasteiger partial charge in [0.2, 0.25) is 5.91 Å². The van der Waals surface area contributed by atoms with Crippen molar-refractivity contribution in [3.63, 3.8) is 0 Å². The number of hydrogen-bond donors (Lipinski definition) is 3. The summed E-state index contributed by atoms with van der Waals surface area (Å²) >= 11 is 3.22. The van der Waals surface area contributed by atoms with Crippen molar-refractivity contribution in [2.24, 2.45) is 5.73 Å². The van der Waals surface area contributed by atoms with Crippen LogP contribution in [0, 0.1) is 0 Å². The smallest absolute Gasteiger partial charge is 0.271 e. The summed E-state index contributed by atoms with van der Waals surface area (Å²) in [7, 11) is 0. The Morgan fingerprint density at radius 1 is 1.40 bits per heavy atom. The first-order valence-electron chi connectivity index (χ1n) is 5.58. The lowest BCUT2D eigenvalue weighted by Gasteiger charge is -2.31. The van der Waals surface area contributed by atoms with Gasteiger partial charge >= 0.3 is 0 Å². The van der Waals surface area contributed by atoms with Crippen LogP contribution in [0.5, 0.6) is 0 Å². The van der Waals surface area contributed by atoms with Gasteiger partial charge in [0, 0.05) is 23.9 Å². The van der Waals surface area contributed by atoms with Gasteiger partial charge in [-0.15, -0.1) is 24.8 Å². The van der Waals surface area contributed by atoms with E-state index >= 15 is 0 Å². The fourth-order valence-electron chi connectivity index (χ4n) is 1.76. The number of amides is 1. The maximum Gasteiger partial charge on any atom is 0.271 e. The molecule has 0 bridgehead atoms. The maximum atomic E-state index is 12.1. The molecule has 0 spiro atoms. The van der Waals surface area contributed by atoms with Gasteiger partial charge in [-0.1, -0.05) is 0 Å². The van der Waals surface area contributed by atoms with Crippen LogP contribution < -0.4 is 16.6 Å². The van der Waals surface area contributed by atoms with Crippen molar-refractivity contribution in [1.29, 1.82) is 0 Å². The minimum atomic E-state index is -0.965. The van der Waals surface area contributed by atoms with Gasteiger partial charge in [-0.3, -0.25) is 9.59 Å². The van der Waals surface area contributed by atoms with Crippen LogP contribution in [-0.4, -0.2) is 29.6 Å². The van der Waals surface area contributed by atoms with Crippen LogP contribution in [0.3, 0.4) is 0 Å². The molecule has 1 amide bonds. The molecule has 114 valence electrons. The number of rotatable bonds is 2. The summed E-state index contributed by atoms with van der Waals surface area (Å²) in [5, 5.41) is 2.57. The molecule has 4 N–H and O–H groups in total. The zero-order chi connectivity index (χ0) is 13.2. The first kappa shape index (κ1) is 19.4. The second-order valence-electron chi connectivity index (χ2n) is 4.28. The number of hydrogen-bond acceptors (Lipinski definition) is 4. The summed E-state index contributed by atoms with van der Waals surface area (Å²) in [5.74, 6) is -0.352. The van der Waals surface area contributed by atoms with Gasteiger partial charge in [-0.25, -0.2) is 0 Å². The highest BCUT2D eigenvalue weighted by atomic mass is 79.9. The Hall–Kier alpha value is -0.600. The molecule has 0 atom stereocenters. The minimum Gasteiger partial charge on any atom is -0.381 e. The number of halogens is 3. The molecule has 20 heavy (non-hydrogen) atoms. The van der Waals surface area contributed by atoms with E-state index < -0.39 is 5.54 Å². The Kier molecular flexibility index (Phi) is 7.75. The zero-order valence-electron chi connectivity index (χ0n) is 10.5. The molecule has 9 heteroatoms. The number of pyridine rings is 1. The largest absolute Gasteiger partial charge is 0.381 e. The second kappa shape index (κ2) is 7.99. The Balaban J connectivity index is 0.00000180. The molecule has 1 aromatic rings. The van der Waals surface area contributed by atoms with Crippen molar-refractivity contribution >= 4 is 52.3 Å². The molecule has 0 unspecified atom stereocenters. The van der Waals surface area contributed by atoms with Crippen LogP contribution in [0.25, 0.3) is 0 Å². The standard InChI is InChI=1S/C11H14BrN3O3.2ClH/c12-7-5-8(9(16)14-6-7)15-10(17)11(13)1-3-18-4-2-11;;/h5-6H,1-4,13H2,(H,14,16)(H,15,17);2*1H. The molecule has 2 rings (SSSR count). The lowest BCUT2D eigenvalue weighted by atomic mass is 9.90. The van der Waals surface area contributed by atoms with E-state index in [-0.39, 0.29) is 42.0 Å². The SMILES string of the molecule is Cl.Cl.NC1(C(=O)Nc2cc(Br)c[nH]c2=O)CCOCC1. The van der Waals surface area contributed by atoms with Gasteiger partial charge in [-0.2, -0.15) is 0 Å². The van der Waals surface area contributed by atoms with E-state index in [1.54, 1.807) is 6.07 Å². The van der Waals surface area contributed by atoms with Crippen LogP contribution in [0.2, 0.25) is 0 Å². The molecule has 1 aliphatic rings. The molecule has 1 aliphatic heterocycles. The highest BCUT2D eigenvalue weighted by Gasteiger charge is 2.36. The number of nitrogens with two attached hydrogens (primary N) is 1. The van der Waals surface area contributed by atoms with Crippen molar-refractivity contribution in [3.8, 4) is 0 Å². The van der Waals surface area contributed by atoms with Crippen molar-refractivity contribution in [3.05, 3.63) is 27.1 Å².